The van der Waals surface area contributed by atoms with E-state index in [0.717, 1.165) is 24.6 Å². The van der Waals surface area contributed by atoms with Crippen molar-refractivity contribution in [3.63, 3.8) is 0 Å². The lowest BCUT2D eigenvalue weighted by Gasteiger charge is -2.36. The fraction of sp³-hybridized carbons (Fsp3) is 0.667. The molecule has 0 aliphatic carbocycles. The van der Waals surface area contributed by atoms with E-state index < -0.39 is 0 Å². The highest BCUT2D eigenvalue weighted by Crippen LogP contribution is 2.19. The first-order valence-corrected chi connectivity index (χ1v) is 6.14. The summed E-state index contributed by atoms with van der Waals surface area (Å²) in [4.78, 5) is 4.59. The average molecular weight is 235 g/mol. The third-order valence-corrected chi connectivity index (χ3v) is 3.37. The summed E-state index contributed by atoms with van der Waals surface area (Å²) < 4.78 is 0. The molecule has 1 unspecified atom stereocenters. The Balaban J connectivity index is 2.05. The molecule has 1 saturated heterocycles. The Hall–Kier alpha value is -1.20. The topological polar surface area (TPSA) is 58.3 Å². The second-order valence-corrected chi connectivity index (χ2v) is 4.79. The van der Waals surface area contributed by atoms with Gasteiger partial charge in [0, 0.05) is 25.7 Å². The molecule has 2 N–H and O–H groups in total. The lowest BCUT2D eigenvalue weighted by atomic mass is 10.1. The molecule has 0 saturated carbocycles. The third kappa shape index (κ3) is 2.92. The van der Waals surface area contributed by atoms with E-state index >= 15 is 0 Å². The summed E-state index contributed by atoms with van der Waals surface area (Å²) in [5.74, 6) is 0.966. The van der Waals surface area contributed by atoms with Gasteiger partial charge in [0.2, 0.25) is 0 Å². The van der Waals surface area contributed by atoms with Crippen molar-refractivity contribution in [1.82, 2.24) is 15.1 Å². The zero-order valence-electron chi connectivity index (χ0n) is 10.6. The maximum atomic E-state index is 5.52. The second kappa shape index (κ2) is 5.42. The van der Waals surface area contributed by atoms with Crippen LogP contribution in [0.2, 0.25) is 0 Å². The van der Waals surface area contributed by atoms with Crippen LogP contribution in [0, 0.1) is 0 Å². The number of anilines is 1. The van der Waals surface area contributed by atoms with Gasteiger partial charge in [0.25, 0.3) is 0 Å². The van der Waals surface area contributed by atoms with Gasteiger partial charge in [-0.25, -0.2) is 0 Å². The Kier molecular flexibility index (Phi) is 3.91. The molecule has 5 heteroatoms. The third-order valence-electron chi connectivity index (χ3n) is 3.37. The fourth-order valence-corrected chi connectivity index (χ4v) is 2.21. The van der Waals surface area contributed by atoms with Gasteiger partial charge in [-0.2, -0.15) is 5.10 Å². The van der Waals surface area contributed by atoms with Crippen LogP contribution in [0.4, 0.5) is 5.82 Å². The largest absolute Gasteiger partial charge is 0.354 e. The first-order chi connectivity index (χ1) is 8.20. The lowest BCUT2D eigenvalue weighted by Crippen LogP contribution is -2.45. The van der Waals surface area contributed by atoms with E-state index in [4.69, 9.17) is 5.73 Å². The Morgan fingerprint density at radius 2 is 2.24 bits per heavy atom. The average Bonchev–Trinajstić information content (AvgIpc) is 2.39. The predicted molar refractivity (Wildman–Crippen MR) is 68.8 cm³/mol. The van der Waals surface area contributed by atoms with E-state index in [-0.39, 0.29) is 0 Å². The van der Waals surface area contributed by atoms with Crippen LogP contribution >= 0.6 is 0 Å². The molecule has 0 aromatic carbocycles. The Morgan fingerprint density at radius 1 is 1.41 bits per heavy atom. The van der Waals surface area contributed by atoms with Gasteiger partial charge in [-0.15, -0.1) is 5.10 Å². The molecule has 1 aromatic heterocycles. The normalized spacial score (nSPS) is 20.9. The predicted octanol–water partition coefficient (Wildman–Crippen LogP) is 0.466. The number of rotatable bonds is 3. The highest BCUT2D eigenvalue weighted by Gasteiger charge is 2.22. The maximum Gasteiger partial charge on any atom is 0.151 e. The SMILES string of the molecule is CN(C)C1CCCN(c2ccc(CN)nn2)C1. The van der Waals surface area contributed by atoms with Gasteiger partial charge in [0.05, 0.1) is 5.69 Å². The second-order valence-electron chi connectivity index (χ2n) is 4.79. The molecule has 17 heavy (non-hydrogen) atoms. The molecule has 94 valence electrons. The minimum absolute atomic E-state index is 0.452. The summed E-state index contributed by atoms with van der Waals surface area (Å²) in [7, 11) is 4.27. The molecule has 0 spiro atoms. The molecular formula is C12H21N5. The number of aromatic nitrogens is 2. The summed E-state index contributed by atoms with van der Waals surface area (Å²) >= 11 is 0. The summed E-state index contributed by atoms with van der Waals surface area (Å²) in [5, 5.41) is 8.36. The molecule has 1 aromatic rings. The van der Waals surface area contributed by atoms with Gasteiger partial charge >= 0.3 is 0 Å². The zero-order chi connectivity index (χ0) is 12.3. The molecule has 2 rings (SSSR count). The van der Waals surface area contributed by atoms with Crippen molar-refractivity contribution < 1.29 is 0 Å². The van der Waals surface area contributed by atoms with Crippen LogP contribution in [0.1, 0.15) is 18.5 Å². The zero-order valence-corrected chi connectivity index (χ0v) is 10.6. The first-order valence-electron chi connectivity index (χ1n) is 6.14. The monoisotopic (exact) mass is 235 g/mol. The van der Waals surface area contributed by atoms with Crippen LogP contribution in [0.15, 0.2) is 12.1 Å². The van der Waals surface area contributed by atoms with Crippen molar-refractivity contribution in [2.45, 2.75) is 25.4 Å². The standard InChI is InChI=1S/C12H21N5/c1-16(2)11-4-3-7-17(9-11)12-6-5-10(8-13)14-15-12/h5-6,11H,3-4,7-9,13H2,1-2H3. The van der Waals surface area contributed by atoms with E-state index in [0.29, 0.717) is 12.6 Å². The number of nitrogens with two attached hydrogens (primary N) is 1. The van der Waals surface area contributed by atoms with Gasteiger partial charge in [0.1, 0.15) is 0 Å². The minimum atomic E-state index is 0.452. The molecule has 1 aliphatic rings. The molecule has 1 aliphatic heterocycles. The Morgan fingerprint density at radius 3 is 2.82 bits per heavy atom. The summed E-state index contributed by atoms with van der Waals surface area (Å²) in [6, 6.07) is 4.59. The number of hydrogen-bond donors (Lipinski definition) is 1. The highest BCUT2D eigenvalue weighted by molar-refractivity contribution is 5.38. The van der Waals surface area contributed by atoms with Gasteiger partial charge < -0.3 is 15.5 Å². The maximum absolute atomic E-state index is 5.52. The number of likely N-dealkylation sites (N-methyl/N-ethyl adjacent to an activating group) is 1. The van der Waals surface area contributed by atoms with Crippen molar-refractivity contribution in [1.29, 1.82) is 0 Å². The minimum Gasteiger partial charge on any atom is -0.354 e. The van der Waals surface area contributed by atoms with E-state index in [1.165, 1.54) is 12.8 Å². The Bertz CT molecular complexity index is 348. The summed E-state index contributed by atoms with van der Waals surface area (Å²) in [6.45, 7) is 2.55. The highest BCUT2D eigenvalue weighted by atomic mass is 15.3. The van der Waals surface area contributed by atoms with E-state index in [2.05, 4.69) is 34.1 Å². The molecule has 2 heterocycles. The fourth-order valence-electron chi connectivity index (χ4n) is 2.21. The van der Waals surface area contributed by atoms with Crippen molar-refractivity contribution in [2.24, 2.45) is 5.73 Å². The van der Waals surface area contributed by atoms with Crippen LogP contribution in [-0.2, 0) is 6.54 Å². The lowest BCUT2D eigenvalue weighted by molar-refractivity contribution is 0.257. The molecule has 1 atom stereocenters. The molecule has 0 amide bonds. The van der Waals surface area contributed by atoms with E-state index in [9.17, 15) is 0 Å². The van der Waals surface area contributed by atoms with Crippen molar-refractivity contribution >= 4 is 5.82 Å². The molecule has 0 bridgehead atoms. The molecule has 5 nitrogen and oxygen atoms in total. The van der Waals surface area contributed by atoms with Crippen molar-refractivity contribution in [3.05, 3.63) is 17.8 Å². The number of piperidine rings is 1. The van der Waals surface area contributed by atoms with E-state index in [1.54, 1.807) is 0 Å². The smallest absolute Gasteiger partial charge is 0.151 e. The van der Waals surface area contributed by atoms with Gasteiger partial charge in [-0.1, -0.05) is 0 Å². The van der Waals surface area contributed by atoms with Crippen LogP contribution in [0.25, 0.3) is 0 Å². The van der Waals surface area contributed by atoms with Crippen molar-refractivity contribution in [3.8, 4) is 0 Å². The van der Waals surface area contributed by atoms with Gasteiger partial charge in [-0.3, -0.25) is 0 Å². The van der Waals surface area contributed by atoms with E-state index in [1.807, 2.05) is 12.1 Å². The van der Waals surface area contributed by atoms with Gasteiger partial charge in [0.15, 0.2) is 5.82 Å². The number of hydrogen-bond acceptors (Lipinski definition) is 5. The van der Waals surface area contributed by atoms with Crippen LogP contribution in [-0.4, -0.2) is 48.3 Å². The quantitative estimate of drug-likeness (QED) is 0.825. The summed E-state index contributed by atoms with van der Waals surface area (Å²) in [6.07, 6.45) is 2.47. The van der Waals surface area contributed by atoms with Crippen molar-refractivity contribution in [2.75, 3.05) is 32.1 Å². The molecule has 0 radical (unpaired) electrons. The van der Waals surface area contributed by atoms with Crippen LogP contribution < -0.4 is 10.6 Å². The first kappa shape index (κ1) is 12.3. The molecular weight excluding hydrogens is 214 g/mol. The summed E-state index contributed by atoms with van der Waals surface area (Å²) in [5.41, 5.74) is 6.36. The van der Waals surface area contributed by atoms with Gasteiger partial charge in [-0.05, 0) is 39.1 Å². The Labute approximate surface area is 103 Å². The van der Waals surface area contributed by atoms with Crippen LogP contribution in [0.5, 0.6) is 0 Å². The molecule has 1 fully saturated rings. The number of nitrogens with zero attached hydrogens (tertiary/aromatic N) is 4. The van der Waals surface area contributed by atoms with Crippen LogP contribution in [0.3, 0.4) is 0 Å².